The molecular weight excluding hydrogens is 416 g/mol. The van der Waals surface area contributed by atoms with Crippen molar-refractivity contribution in [1.82, 2.24) is 14.3 Å². The summed E-state index contributed by atoms with van der Waals surface area (Å²) >= 11 is 6.84. The van der Waals surface area contributed by atoms with Crippen molar-refractivity contribution in [3.8, 4) is 0 Å². The van der Waals surface area contributed by atoms with Crippen LogP contribution in [-0.2, 0) is 4.79 Å². The maximum Gasteiger partial charge on any atom is 0.267 e. The van der Waals surface area contributed by atoms with Crippen molar-refractivity contribution in [2.45, 2.75) is 51.5 Å². The van der Waals surface area contributed by atoms with Crippen molar-refractivity contribution >= 4 is 51.7 Å². The number of thioether (sulfide) groups is 1. The molecule has 0 atom stereocenters. The second kappa shape index (κ2) is 7.81. The number of amides is 1. The zero-order valence-electron chi connectivity index (χ0n) is 17.0. The number of fused-ring (bicyclic) bond motifs is 1. The van der Waals surface area contributed by atoms with Gasteiger partial charge in [0.25, 0.3) is 11.5 Å². The summed E-state index contributed by atoms with van der Waals surface area (Å²) in [7, 11) is 0. The van der Waals surface area contributed by atoms with E-state index in [-0.39, 0.29) is 17.5 Å². The van der Waals surface area contributed by atoms with Gasteiger partial charge in [-0.25, -0.2) is 4.98 Å². The average Bonchev–Trinajstić information content (AvgIpc) is 3.47. The Kier molecular flexibility index (Phi) is 5.14. The maximum atomic E-state index is 13.5. The fourth-order valence-electron chi connectivity index (χ4n) is 4.68. The van der Waals surface area contributed by atoms with Crippen LogP contribution >= 0.6 is 24.0 Å². The van der Waals surface area contributed by atoms with Crippen LogP contribution in [0.1, 0.15) is 49.7 Å². The number of hydrogen-bond acceptors (Lipinski definition) is 6. The summed E-state index contributed by atoms with van der Waals surface area (Å²) < 4.78 is 2.18. The molecule has 3 fully saturated rings. The van der Waals surface area contributed by atoms with Gasteiger partial charge >= 0.3 is 0 Å². The van der Waals surface area contributed by atoms with E-state index in [0.29, 0.717) is 26.3 Å². The first-order valence-corrected chi connectivity index (χ1v) is 11.8. The minimum absolute atomic E-state index is 0.0713. The standard InChI is InChI=1S/C22H24N4O2S2/c1-14-7-6-12-25-18(14)23-19(24-10-4-5-11-24)16(20(25)27)13-17-21(28)26(22(29)30-17)15-8-2-3-9-15/h6-7,12-13,15H,2-5,8-11H2,1H3. The highest BCUT2D eigenvalue weighted by atomic mass is 32.2. The van der Waals surface area contributed by atoms with E-state index in [4.69, 9.17) is 17.2 Å². The Morgan fingerprint density at radius 1 is 1.17 bits per heavy atom. The Balaban J connectivity index is 1.64. The predicted molar refractivity (Wildman–Crippen MR) is 125 cm³/mol. The number of rotatable bonds is 3. The second-order valence-electron chi connectivity index (χ2n) is 8.22. The summed E-state index contributed by atoms with van der Waals surface area (Å²) in [5.74, 6) is 0.607. The summed E-state index contributed by atoms with van der Waals surface area (Å²) in [6.45, 7) is 3.71. The smallest absolute Gasteiger partial charge is 0.267 e. The molecule has 0 N–H and O–H groups in total. The summed E-state index contributed by atoms with van der Waals surface area (Å²) in [6, 6.07) is 4.01. The highest BCUT2D eigenvalue weighted by Gasteiger charge is 2.38. The molecule has 0 radical (unpaired) electrons. The molecule has 5 rings (SSSR count). The van der Waals surface area contributed by atoms with Crippen LogP contribution in [0.15, 0.2) is 28.0 Å². The molecule has 1 saturated carbocycles. The number of aromatic nitrogens is 2. The van der Waals surface area contributed by atoms with Gasteiger partial charge in [0, 0.05) is 25.3 Å². The number of nitrogens with zero attached hydrogens (tertiary/aromatic N) is 4. The van der Waals surface area contributed by atoms with E-state index in [0.717, 1.165) is 57.2 Å². The molecular formula is C22H24N4O2S2. The van der Waals surface area contributed by atoms with Crippen LogP contribution in [0.25, 0.3) is 11.7 Å². The number of carbonyl (C=O) groups excluding carboxylic acids is 1. The first-order chi connectivity index (χ1) is 14.5. The maximum absolute atomic E-state index is 13.5. The van der Waals surface area contributed by atoms with Crippen molar-refractivity contribution in [2.24, 2.45) is 0 Å². The molecule has 0 spiro atoms. The fraction of sp³-hybridized carbons (Fsp3) is 0.455. The number of hydrogen-bond donors (Lipinski definition) is 0. The van der Waals surface area contributed by atoms with Crippen LogP contribution in [0.4, 0.5) is 5.82 Å². The molecule has 30 heavy (non-hydrogen) atoms. The third kappa shape index (κ3) is 3.26. The summed E-state index contributed by atoms with van der Waals surface area (Å²) in [5, 5.41) is 0. The molecule has 1 amide bonds. The zero-order chi connectivity index (χ0) is 20.8. The van der Waals surface area contributed by atoms with Gasteiger partial charge < -0.3 is 4.90 Å². The Hall–Kier alpha value is -2.19. The summed E-state index contributed by atoms with van der Waals surface area (Å²) in [4.78, 5) is 36.0. The van der Waals surface area contributed by atoms with Gasteiger partial charge in [-0.1, -0.05) is 42.9 Å². The zero-order valence-corrected chi connectivity index (χ0v) is 18.6. The topological polar surface area (TPSA) is 57.9 Å². The lowest BCUT2D eigenvalue weighted by Gasteiger charge is -2.22. The van der Waals surface area contributed by atoms with Crippen LogP contribution in [0.2, 0.25) is 0 Å². The largest absolute Gasteiger partial charge is 0.356 e. The van der Waals surface area contributed by atoms with E-state index in [1.165, 1.54) is 11.8 Å². The highest BCUT2D eigenvalue weighted by molar-refractivity contribution is 8.26. The quantitative estimate of drug-likeness (QED) is 0.535. The first kappa shape index (κ1) is 19.8. The summed E-state index contributed by atoms with van der Waals surface area (Å²) in [5.41, 5.74) is 1.96. The molecule has 0 bridgehead atoms. The van der Waals surface area contributed by atoms with Crippen LogP contribution in [-0.4, -0.2) is 43.6 Å². The van der Waals surface area contributed by atoms with E-state index < -0.39 is 0 Å². The number of thiocarbonyl (C=S) groups is 1. The minimum atomic E-state index is -0.142. The third-order valence-corrected chi connectivity index (χ3v) is 7.59. The molecule has 2 saturated heterocycles. The van der Waals surface area contributed by atoms with Gasteiger partial charge in [-0.2, -0.15) is 0 Å². The van der Waals surface area contributed by atoms with Gasteiger partial charge in [0.2, 0.25) is 0 Å². The van der Waals surface area contributed by atoms with E-state index in [2.05, 4.69) is 4.90 Å². The number of pyridine rings is 1. The van der Waals surface area contributed by atoms with Crippen LogP contribution in [0.5, 0.6) is 0 Å². The van der Waals surface area contributed by atoms with Crippen molar-refractivity contribution in [3.63, 3.8) is 0 Å². The van der Waals surface area contributed by atoms with Gasteiger partial charge in [0.15, 0.2) is 0 Å². The first-order valence-electron chi connectivity index (χ1n) is 10.6. The number of carbonyl (C=O) groups is 1. The van der Waals surface area contributed by atoms with E-state index >= 15 is 0 Å². The third-order valence-electron chi connectivity index (χ3n) is 6.26. The van der Waals surface area contributed by atoms with Crippen LogP contribution in [0.3, 0.4) is 0 Å². The predicted octanol–water partition coefficient (Wildman–Crippen LogP) is 3.75. The molecule has 0 aromatic carbocycles. The van der Waals surface area contributed by atoms with Crippen LogP contribution < -0.4 is 10.5 Å². The fourth-order valence-corrected chi connectivity index (χ4v) is 6.07. The molecule has 156 valence electrons. The van der Waals surface area contributed by atoms with Crippen molar-refractivity contribution in [2.75, 3.05) is 18.0 Å². The number of anilines is 1. The highest BCUT2D eigenvalue weighted by Crippen LogP contribution is 2.38. The van der Waals surface area contributed by atoms with Gasteiger partial charge in [-0.05, 0) is 50.3 Å². The molecule has 8 heteroatoms. The van der Waals surface area contributed by atoms with Gasteiger partial charge in [-0.15, -0.1) is 0 Å². The molecule has 1 aliphatic carbocycles. The lowest BCUT2D eigenvalue weighted by Crippen LogP contribution is -2.36. The average molecular weight is 441 g/mol. The van der Waals surface area contributed by atoms with E-state index in [9.17, 15) is 9.59 Å². The lowest BCUT2D eigenvalue weighted by atomic mass is 10.2. The normalized spacial score (nSPS) is 21.7. The van der Waals surface area contributed by atoms with Crippen molar-refractivity contribution < 1.29 is 4.79 Å². The molecule has 6 nitrogen and oxygen atoms in total. The SMILES string of the molecule is Cc1cccn2c(=O)c(C=C3SC(=S)N(C4CCCC4)C3=O)c(N3CCCC3)nc12. The van der Waals surface area contributed by atoms with Crippen molar-refractivity contribution in [3.05, 3.63) is 44.7 Å². The molecule has 2 aliphatic heterocycles. The van der Waals surface area contributed by atoms with Gasteiger partial charge in [0.1, 0.15) is 15.8 Å². The Morgan fingerprint density at radius 2 is 1.90 bits per heavy atom. The monoisotopic (exact) mass is 440 g/mol. The lowest BCUT2D eigenvalue weighted by molar-refractivity contribution is -0.123. The van der Waals surface area contributed by atoms with E-state index in [1.54, 1.807) is 21.6 Å². The van der Waals surface area contributed by atoms with Crippen molar-refractivity contribution in [1.29, 1.82) is 0 Å². The number of aryl methyl sites for hydroxylation is 1. The minimum Gasteiger partial charge on any atom is -0.356 e. The molecule has 2 aromatic heterocycles. The summed E-state index contributed by atoms with van der Waals surface area (Å²) in [6.07, 6.45) is 9.90. The van der Waals surface area contributed by atoms with Gasteiger partial charge in [-0.3, -0.25) is 18.9 Å². The Morgan fingerprint density at radius 3 is 2.63 bits per heavy atom. The Bertz CT molecular complexity index is 1130. The van der Waals surface area contributed by atoms with E-state index in [1.807, 2.05) is 19.1 Å². The molecule has 4 heterocycles. The molecule has 2 aromatic rings. The second-order valence-corrected chi connectivity index (χ2v) is 9.90. The Labute approximate surface area is 185 Å². The van der Waals surface area contributed by atoms with Gasteiger partial charge in [0.05, 0.1) is 10.5 Å². The molecule has 3 aliphatic rings. The molecule has 0 unspecified atom stereocenters. The van der Waals surface area contributed by atoms with Crippen LogP contribution in [0, 0.1) is 6.92 Å².